The van der Waals surface area contributed by atoms with E-state index in [9.17, 15) is 18.5 Å². The number of rotatable bonds is 6. The van der Waals surface area contributed by atoms with Crippen molar-refractivity contribution in [3.63, 3.8) is 0 Å². The predicted octanol–water partition coefficient (Wildman–Crippen LogP) is 3.13. The second kappa shape index (κ2) is 9.73. The molecule has 7 nitrogen and oxygen atoms in total. The lowest BCUT2D eigenvalue weighted by molar-refractivity contribution is -0.138. The van der Waals surface area contributed by atoms with Crippen LogP contribution in [0.25, 0.3) is 0 Å². The van der Waals surface area contributed by atoms with Crippen LogP contribution < -0.4 is 0 Å². The molecule has 0 atom stereocenters. The molecule has 180 valence electrons. The van der Waals surface area contributed by atoms with Crippen LogP contribution in [0.4, 0.5) is 0 Å². The summed E-state index contributed by atoms with van der Waals surface area (Å²) in [7, 11) is -3.77. The summed E-state index contributed by atoms with van der Waals surface area (Å²) < 4.78 is 29.1. The lowest BCUT2D eigenvalue weighted by atomic mass is 9.85. The van der Waals surface area contributed by atoms with E-state index in [-0.39, 0.29) is 34.4 Å². The number of nitrogens with zero attached hydrogens (tertiary/aromatic N) is 4. The molecular formula is C25H36N4O3S. The molecule has 0 N–H and O–H groups in total. The Morgan fingerprint density at radius 3 is 2.12 bits per heavy atom. The number of amides is 1. The molecule has 8 heteroatoms. The van der Waals surface area contributed by atoms with Gasteiger partial charge >= 0.3 is 0 Å². The SMILES string of the molecule is Cc1cccc(S(=O)(=O)N(C2CC2)[C@H]2CC[C@H](C(=O)N3CCN(C(C)C)CC3)CC2)c1C#N. The Labute approximate surface area is 198 Å². The van der Waals surface area contributed by atoms with Gasteiger partial charge in [-0.3, -0.25) is 9.69 Å². The highest BCUT2D eigenvalue weighted by molar-refractivity contribution is 7.89. The van der Waals surface area contributed by atoms with Crippen molar-refractivity contribution < 1.29 is 13.2 Å². The molecule has 0 unspecified atom stereocenters. The Morgan fingerprint density at radius 2 is 1.61 bits per heavy atom. The molecule has 0 radical (unpaired) electrons. The van der Waals surface area contributed by atoms with Gasteiger partial charge in [-0.05, 0) is 70.9 Å². The Bertz CT molecular complexity index is 1010. The summed E-state index contributed by atoms with van der Waals surface area (Å²) in [6, 6.07) is 7.56. The normalized spacial score (nSPS) is 24.8. The van der Waals surface area contributed by atoms with Gasteiger partial charge < -0.3 is 4.90 Å². The number of carbonyl (C=O) groups is 1. The molecule has 3 aliphatic rings. The average Bonchev–Trinajstić information content (AvgIpc) is 3.64. The zero-order valence-electron chi connectivity index (χ0n) is 20.0. The van der Waals surface area contributed by atoms with E-state index < -0.39 is 10.0 Å². The van der Waals surface area contributed by atoms with Crippen molar-refractivity contribution in [3.8, 4) is 6.07 Å². The monoisotopic (exact) mass is 472 g/mol. The van der Waals surface area contributed by atoms with E-state index >= 15 is 0 Å². The van der Waals surface area contributed by atoms with Gasteiger partial charge in [0.2, 0.25) is 15.9 Å². The van der Waals surface area contributed by atoms with E-state index in [1.807, 2.05) is 4.90 Å². The molecule has 1 amide bonds. The van der Waals surface area contributed by atoms with Gasteiger partial charge in [-0.15, -0.1) is 0 Å². The number of hydrogen-bond acceptors (Lipinski definition) is 5. The van der Waals surface area contributed by atoms with E-state index in [1.165, 1.54) is 0 Å². The molecule has 0 bridgehead atoms. The number of aryl methyl sites for hydroxylation is 1. The average molecular weight is 473 g/mol. The molecule has 1 aromatic carbocycles. The van der Waals surface area contributed by atoms with E-state index in [0.29, 0.717) is 24.4 Å². The maximum Gasteiger partial charge on any atom is 0.244 e. The second-order valence-corrected chi connectivity index (χ2v) is 11.9. The summed E-state index contributed by atoms with van der Waals surface area (Å²) in [5.41, 5.74) is 0.925. The van der Waals surface area contributed by atoms with E-state index in [4.69, 9.17) is 0 Å². The Hall–Kier alpha value is -1.95. The molecule has 4 rings (SSSR count). The molecule has 2 aliphatic carbocycles. The lowest BCUT2D eigenvalue weighted by Gasteiger charge is -2.40. The molecule has 0 spiro atoms. The van der Waals surface area contributed by atoms with Gasteiger partial charge in [0.25, 0.3) is 0 Å². The van der Waals surface area contributed by atoms with Crippen molar-refractivity contribution in [2.75, 3.05) is 26.2 Å². The lowest BCUT2D eigenvalue weighted by Crippen LogP contribution is -2.52. The number of carbonyl (C=O) groups excluding carboxylic acids is 1. The van der Waals surface area contributed by atoms with Crippen LogP contribution in [0.5, 0.6) is 0 Å². The molecule has 1 aliphatic heterocycles. The topological polar surface area (TPSA) is 84.7 Å². The van der Waals surface area contributed by atoms with Crippen LogP contribution in [-0.4, -0.2) is 72.7 Å². The third kappa shape index (κ3) is 4.96. The van der Waals surface area contributed by atoms with E-state index in [0.717, 1.165) is 51.9 Å². The van der Waals surface area contributed by atoms with Gasteiger partial charge in [-0.1, -0.05) is 12.1 Å². The fourth-order valence-electron chi connectivity index (χ4n) is 5.43. The van der Waals surface area contributed by atoms with Crippen molar-refractivity contribution in [3.05, 3.63) is 29.3 Å². The highest BCUT2D eigenvalue weighted by atomic mass is 32.2. The summed E-state index contributed by atoms with van der Waals surface area (Å²) in [4.78, 5) is 17.7. The zero-order valence-corrected chi connectivity index (χ0v) is 20.9. The third-order valence-electron chi connectivity index (χ3n) is 7.57. The number of benzene rings is 1. The highest BCUT2D eigenvalue weighted by Gasteiger charge is 2.45. The molecule has 0 aromatic heterocycles. The maximum atomic E-state index is 13.7. The van der Waals surface area contributed by atoms with Crippen LogP contribution in [0.1, 0.15) is 63.5 Å². The van der Waals surface area contributed by atoms with Crippen molar-refractivity contribution >= 4 is 15.9 Å². The Kier molecular flexibility index (Phi) is 7.13. The highest BCUT2D eigenvalue weighted by Crippen LogP contribution is 2.40. The van der Waals surface area contributed by atoms with Crippen molar-refractivity contribution in [1.29, 1.82) is 5.26 Å². The standard InChI is InChI=1S/C25H36N4O3S/c1-18(2)27-13-15-28(16-14-27)25(30)20-7-9-21(10-8-20)29(22-11-12-22)33(31,32)24-6-4-5-19(3)23(24)17-26/h4-6,18,20-22H,7-16H2,1-3H3/t20-,21-. The van der Waals surface area contributed by atoms with Gasteiger partial charge in [-0.2, -0.15) is 9.57 Å². The smallest absolute Gasteiger partial charge is 0.244 e. The number of hydrogen-bond donors (Lipinski definition) is 0. The van der Waals surface area contributed by atoms with Crippen LogP contribution in [-0.2, 0) is 14.8 Å². The minimum absolute atomic E-state index is 0.00996. The van der Waals surface area contributed by atoms with E-state index in [2.05, 4.69) is 24.8 Å². The largest absolute Gasteiger partial charge is 0.340 e. The molecule has 1 aromatic rings. The first-order valence-corrected chi connectivity index (χ1v) is 13.7. The van der Waals surface area contributed by atoms with Gasteiger partial charge in [0.15, 0.2) is 0 Å². The van der Waals surface area contributed by atoms with Crippen LogP contribution in [0.3, 0.4) is 0 Å². The first-order valence-electron chi connectivity index (χ1n) is 12.3. The van der Waals surface area contributed by atoms with Gasteiger partial charge in [0, 0.05) is 50.2 Å². The van der Waals surface area contributed by atoms with Crippen molar-refractivity contribution in [2.45, 2.75) is 82.3 Å². The quantitative estimate of drug-likeness (QED) is 0.635. The van der Waals surface area contributed by atoms with Gasteiger partial charge in [0.05, 0.1) is 5.56 Å². The first-order chi connectivity index (χ1) is 15.7. The van der Waals surface area contributed by atoms with Gasteiger partial charge in [-0.25, -0.2) is 8.42 Å². The zero-order chi connectivity index (χ0) is 23.8. The fraction of sp³-hybridized carbons (Fsp3) is 0.680. The minimum atomic E-state index is -3.77. The third-order valence-corrected chi connectivity index (χ3v) is 9.62. The predicted molar refractivity (Wildman–Crippen MR) is 127 cm³/mol. The van der Waals surface area contributed by atoms with Crippen LogP contribution in [0.2, 0.25) is 0 Å². The molecule has 1 saturated heterocycles. The summed E-state index contributed by atoms with van der Waals surface area (Å²) in [5, 5.41) is 9.60. The summed E-state index contributed by atoms with van der Waals surface area (Å²) in [6.45, 7) is 9.56. The molecule has 1 heterocycles. The van der Waals surface area contributed by atoms with Crippen LogP contribution >= 0.6 is 0 Å². The first kappa shape index (κ1) is 24.2. The van der Waals surface area contributed by atoms with E-state index in [1.54, 1.807) is 29.4 Å². The fourth-order valence-corrected chi connectivity index (χ4v) is 7.58. The number of sulfonamides is 1. The minimum Gasteiger partial charge on any atom is -0.340 e. The Balaban J connectivity index is 1.44. The molecule has 2 saturated carbocycles. The molecule has 3 fully saturated rings. The second-order valence-electron chi connectivity index (χ2n) is 10.1. The molecule has 33 heavy (non-hydrogen) atoms. The van der Waals surface area contributed by atoms with Crippen LogP contribution in [0.15, 0.2) is 23.1 Å². The van der Waals surface area contributed by atoms with Gasteiger partial charge in [0.1, 0.15) is 11.0 Å². The van der Waals surface area contributed by atoms with Crippen LogP contribution in [0, 0.1) is 24.2 Å². The maximum absolute atomic E-state index is 13.7. The Morgan fingerprint density at radius 1 is 1.03 bits per heavy atom. The molecular weight excluding hydrogens is 436 g/mol. The summed E-state index contributed by atoms with van der Waals surface area (Å²) in [6.07, 6.45) is 4.59. The number of nitriles is 1. The van der Waals surface area contributed by atoms with Crippen molar-refractivity contribution in [2.24, 2.45) is 5.92 Å². The number of piperazine rings is 1. The van der Waals surface area contributed by atoms with Crippen molar-refractivity contribution in [1.82, 2.24) is 14.1 Å². The summed E-state index contributed by atoms with van der Waals surface area (Å²) in [5.74, 6) is 0.229. The summed E-state index contributed by atoms with van der Waals surface area (Å²) >= 11 is 0.